The molecule has 3 amide bonds. The average Bonchev–Trinajstić information content (AvgIpc) is 3.12. The monoisotopic (exact) mass is 708 g/mol. The van der Waals surface area contributed by atoms with Gasteiger partial charge in [-0.2, -0.15) is 0 Å². The highest BCUT2D eigenvalue weighted by Crippen LogP contribution is 2.34. The van der Waals surface area contributed by atoms with E-state index in [1.807, 2.05) is 0 Å². The van der Waals surface area contributed by atoms with Crippen molar-refractivity contribution < 1.29 is 45.0 Å². The van der Waals surface area contributed by atoms with Gasteiger partial charge in [0.25, 0.3) is 0 Å². The summed E-state index contributed by atoms with van der Waals surface area (Å²) in [5.41, 5.74) is 1.53. The molecule has 0 atom stereocenters. The Morgan fingerprint density at radius 1 is 0.451 bits per heavy atom. The fourth-order valence-corrected chi connectivity index (χ4v) is 6.05. The van der Waals surface area contributed by atoms with E-state index >= 15 is 0 Å². The van der Waals surface area contributed by atoms with E-state index < -0.39 is 17.8 Å². The molecule has 0 spiro atoms. The fraction of sp³-hybridized carbons (Fsp3) is 0.417. The van der Waals surface area contributed by atoms with Gasteiger partial charge in [0.15, 0.2) is 34.5 Å². The maximum atomic E-state index is 13.3. The second kappa shape index (κ2) is 19.2. The molecule has 0 aromatic heterocycles. The van der Waals surface area contributed by atoms with Crippen molar-refractivity contribution in [3.05, 3.63) is 71.3 Å². The zero-order valence-corrected chi connectivity index (χ0v) is 28.3. The first kappa shape index (κ1) is 38.6. The van der Waals surface area contributed by atoms with Gasteiger partial charge in [0.1, 0.15) is 0 Å². The number of hydrogen-bond donors (Lipinski definition) is 12. The number of aromatic hydroxyl groups is 6. The molecule has 3 aromatic carbocycles. The van der Waals surface area contributed by atoms with Gasteiger partial charge in [-0.3, -0.25) is 14.4 Å². The average molecular weight is 709 g/mol. The smallest absolute Gasteiger partial charge is 0.223 e. The van der Waals surface area contributed by atoms with Gasteiger partial charge in [-0.05, 0) is 37.5 Å². The second-order valence-corrected chi connectivity index (χ2v) is 12.6. The van der Waals surface area contributed by atoms with Crippen LogP contribution in [0.3, 0.4) is 0 Å². The van der Waals surface area contributed by atoms with Crippen molar-refractivity contribution in [1.82, 2.24) is 31.9 Å². The number of benzene rings is 3. The highest BCUT2D eigenvalue weighted by atomic mass is 16.3. The molecule has 0 unspecified atom stereocenters. The molecule has 0 heterocycles. The number of phenolic OH excluding ortho intramolecular Hbond substituents is 6. The van der Waals surface area contributed by atoms with Crippen LogP contribution in [0.4, 0.5) is 0 Å². The molecule has 0 saturated heterocycles. The largest absolute Gasteiger partial charge is 0.504 e. The van der Waals surface area contributed by atoms with Gasteiger partial charge in [0.05, 0.1) is 0 Å². The minimum atomic E-state index is -0.584. The predicted octanol–water partition coefficient (Wildman–Crippen LogP) is 0.971. The molecule has 276 valence electrons. The third-order valence-corrected chi connectivity index (χ3v) is 8.86. The van der Waals surface area contributed by atoms with Crippen LogP contribution in [0.15, 0.2) is 54.6 Å². The van der Waals surface area contributed by atoms with E-state index in [1.54, 1.807) is 36.4 Å². The number of rotatable bonds is 18. The number of hydrogen-bond acceptors (Lipinski definition) is 12. The summed E-state index contributed by atoms with van der Waals surface area (Å²) in [5, 5.41) is 76.9. The first-order valence-electron chi connectivity index (χ1n) is 17.0. The van der Waals surface area contributed by atoms with Gasteiger partial charge in [-0.1, -0.05) is 36.4 Å². The van der Waals surface area contributed by atoms with Crippen LogP contribution in [0.2, 0.25) is 0 Å². The lowest BCUT2D eigenvalue weighted by molar-refractivity contribution is -0.134. The minimum Gasteiger partial charge on any atom is -0.504 e. The quantitative estimate of drug-likeness (QED) is 0.0654. The van der Waals surface area contributed by atoms with Crippen LogP contribution in [0.5, 0.6) is 34.5 Å². The van der Waals surface area contributed by atoms with Crippen LogP contribution in [0, 0.1) is 17.8 Å². The standard InChI is InChI=1S/C36H48N6O9/c43-28-7-1-4-22(31(28)46)19-37-10-13-40-34(49)25-16-26(35(50)41-14-11-38-20-23-5-2-8-29(44)32(23)47)18-27(17-25)36(51)42-15-12-39-21-24-6-3-9-30(45)33(24)48/h1-9,25-27,37-39,43-48H,10-21H2,(H,40,49)(H,41,50)(H,42,51). The summed E-state index contributed by atoms with van der Waals surface area (Å²) in [6.07, 6.45) is 0.808. The Morgan fingerprint density at radius 2 is 0.725 bits per heavy atom. The Hall–Kier alpha value is -5.25. The number of carbonyl (C=O) groups excluding carboxylic acids is 3. The summed E-state index contributed by atoms with van der Waals surface area (Å²) >= 11 is 0. The van der Waals surface area contributed by atoms with Crippen molar-refractivity contribution >= 4 is 17.7 Å². The topological polar surface area (TPSA) is 245 Å². The molecule has 15 nitrogen and oxygen atoms in total. The molecular weight excluding hydrogens is 660 g/mol. The second-order valence-electron chi connectivity index (χ2n) is 12.6. The van der Waals surface area contributed by atoms with Crippen molar-refractivity contribution in [2.24, 2.45) is 17.8 Å². The molecule has 0 bridgehead atoms. The summed E-state index contributed by atoms with van der Waals surface area (Å²) in [7, 11) is 0. The Labute approximate surface area is 296 Å². The molecule has 1 aliphatic rings. The molecule has 0 aliphatic heterocycles. The highest BCUT2D eigenvalue weighted by molar-refractivity contribution is 5.86. The van der Waals surface area contributed by atoms with Crippen LogP contribution >= 0.6 is 0 Å². The van der Waals surface area contributed by atoms with Crippen molar-refractivity contribution in [2.75, 3.05) is 39.3 Å². The molecule has 0 radical (unpaired) electrons. The van der Waals surface area contributed by atoms with Crippen LogP contribution in [0.25, 0.3) is 0 Å². The van der Waals surface area contributed by atoms with E-state index in [9.17, 15) is 45.0 Å². The summed E-state index contributed by atoms with van der Waals surface area (Å²) in [6, 6.07) is 14.0. The van der Waals surface area contributed by atoms with E-state index in [4.69, 9.17) is 0 Å². The van der Waals surface area contributed by atoms with Crippen LogP contribution in [0.1, 0.15) is 36.0 Å². The summed E-state index contributed by atoms with van der Waals surface area (Å²) in [6.45, 7) is 2.76. The third-order valence-electron chi connectivity index (χ3n) is 8.86. The van der Waals surface area contributed by atoms with Gasteiger partial charge >= 0.3 is 0 Å². The van der Waals surface area contributed by atoms with Crippen molar-refractivity contribution in [3.8, 4) is 34.5 Å². The van der Waals surface area contributed by atoms with E-state index in [2.05, 4.69) is 31.9 Å². The zero-order valence-electron chi connectivity index (χ0n) is 28.3. The summed E-state index contributed by atoms with van der Waals surface area (Å²) in [4.78, 5) is 39.8. The molecule has 1 saturated carbocycles. The Morgan fingerprint density at radius 3 is 1.00 bits per heavy atom. The highest BCUT2D eigenvalue weighted by Gasteiger charge is 2.38. The van der Waals surface area contributed by atoms with Gasteiger partial charge < -0.3 is 62.5 Å². The van der Waals surface area contributed by atoms with Crippen LogP contribution in [-0.2, 0) is 34.0 Å². The van der Waals surface area contributed by atoms with Crippen LogP contribution < -0.4 is 31.9 Å². The van der Waals surface area contributed by atoms with E-state index in [0.717, 1.165) is 0 Å². The van der Waals surface area contributed by atoms with Gasteiger partial charge in [-0.25, -0.2) is 0 Å². The molecule has 51 heavy (non-hydrogen) atoms. The summed E-state index contributed by atoms with van der Waals surface area (Å²) < 4.78 is 0. The van der Waals surface area contributed by atoms with E-state index in [1.165, 1.54) is 18.2 Å². The molecule has 1 aliphatic carbocycles. The van der Waals surface area contributed by atoms with E-state index in [-0.39, 0.29) is 111 Å². The summed E-state index contributed by atoms with van der Waals surface area (Å²) in [5.74, 6) is -3.83. The maximum absolute atomic E-state index is 13.3. The zero-order chi connectivity index (χ0) is 36.8. The van der Waals surface area contributed by atoms with Crippen molar-refractivity contribution in [1.29, 1.82) is 0 Å². The number of nitrogens with one attached hydrogen (secondary N) is 6. The van der Waals surface area contributed by atoms with Crippen molar-refractivity contribution in [3.63, 3.8) is 0 Å². The molecule has 15 heteroatoms. The number of para-hydroxylation sites is 3. The molecule has 1 fully saturated rings. The molecule has 3 aromatic rings. The third kappa shape index (κ3) is 11.4. The van der Waals surface area contributed by atoms with Crippen LogP contribution in [-0.4, -0.2) is 87.6 Å². The Balaban J connectivity index is 1.26. The molecule has 12 N–H and O–H groups in total. The molecular formula is C36H48N6O9. The minimum absolute atomic E-state index is 0.206. The van der Waals surface area contributed by atoms with Crippen molar-refractivity contribution in [2.45, 2.75) is 38.9 Å². The lowest BCUT2D eigenvalue weighted by atomic mass is 9.74. The number of carbonyl (C=O) groups is 3. The van der Waals surface area contributed by atoms with Gasteiger partial charge in [-0.15, -0.1) is 0 Å². The SMILES string of the molecule is O=C(NCCNCc1cccc(O)c1O)C1CC(C(=O)NCCNCc2cccc(O)c2O)CC(C(=O)NCCNCc2cccc(O)c2O)C1. The maximum Gasteiger partial charge on any atom is 0.223 e. The first-order valence-corrected chi connectivity index (χ1v) is 17.0. The lowest BCUT2D eigenvalue weighted by Crippen LogP contribution is -2.46. The number of amides is 3. The lowest BCUT2D eigenvalue weighted by Gasteiger charge is -2.33. The Bertz CT molecular complexity index is 1440. The van der Waals surface area contributed by atoms with E-state index in [0.29, 0.717) is 36.3 Å². The predicted molar refractivity (Wildman–Crippen MR) is 188 cm³/mol. The van der Waals surface area contributed by atoms with Gasteiger partial charge in [0.2, 0.25) is 17.7 Å². The normalized spacial score (nSPS) is 17.1. The Kier molecular flexibility index (Phi) is 14.5. The molecule has 4 rings (SSSR count). The number of phenols is 6. The fourth-order valence-electron chi connectivity index (χ4n) is 6.05. The van der Waals surface area contributed by atoms with Gasteiger partial charge in [0, 0.05) is 93.3 Å². The first-order chi connectivity index (χ1) is 24.5.